The van der Waals surface area contributed by atoms with Crippen molar-refractivity contribution in [1.29, 1.82) is 0 Å². The second kappa shape index (κ2) is 9.20. The molecule has 3 rings (SSSR count). The molecule has 0 saturated carbocycles. The van der Waals surface area contributed by atoms with Crippen molar-refractivity contribution in [3.05, 3.63) is 48.5 Å². The summed E-state index contributed by atoms with van der Waals surface area (Å²) >= 11 is 0. The van der Waals surface area contributed by atoms with E-state index in [2.05, 4.69) is 10.0 Å². The van der Waals surface area contributed by atoms with Gasteiger partial charge in [0.15, 0.2) is 11.9 Å². The van der Waals surface area contributed by atoms with E-state index in [1.807, 2.05) is 0 Å². The fraction of sp³-hybridized carbons (Fsp3) is 0.350. The number of sulfonamides is 1. The lowest BCUT2D eigenvalue weighted by Gasteiger charge is -2.38. The predicted octanol–water partition coefficient (Wildman–Crippen LogP) is 0.659. The molecule has 1 aliphatic rings. The number of hydrogen-bond donors (Lipinski definition) is 5. The van der Waals surface area contributed by atoms with Gasteiger partial charge in [-0.05, 0) is 31.2 Å². The molecule has 5 N–H and O–H groups in total. The minimum Gasteiger partial charge on any atom is -0.455 e. The summed E-state index contributed by atoms with van der Waals surface area (Å²) < 4.78 is 36.8. The Kier molecular flexibility index (Phi) is 6.82. The molecule has 0 radical (unpaired) electrons. The van der Waals surface area contributed by atoms with Crippen molar-refractivity contribution in [2.45, 2.75) is 37.4 Å². The Balaban J connectivity index is 1.84. The van der Waals surface area contributed by atoms with Gasteiger partial charge >= 0.3 is 0 Å². The predicted molar refractivity (Wildman–Crippen MR) is 112 cm³/mol. The number of para-hydroxylation sites is 1. The molecule has 0 spiro atoms. The molecule has 5 atom stereocenters. The molecule has 2 aromatic rings. The Bertz CT molecular complexity index is 1030. The highest BCUT2D eigenvalue weighted by molar-refractivity contribution is 7.92. The molecule has 10 nitrogen and oxygen atoms in total. The first-order valence-corrected chi connectivity index (χ1v) is 11.3. The number of anilines is 2. The fourth-order valence-electron chi connectivity index (χ4n) is 3.07. The van der Waals surface area contributed by atoms with Crippen LogP contribution in [0.1, 0.15) is 6.92 Å². The third-order valence-electron chi connectivity index (χ3n) is 4.63. The van der Waals surface area contributed by atoms with Gasteiger partial charge < -0.3 is 30.1 Å². The van der Waals surface area contributed by atoms with Crippen molar-refractivity contribution < 1.29 is 38.0 Å². The standard InChI is InChI=1S/C20H24N2O8S/c1-11-16(23)17(24)18(25)19(29-11)20(26)21-12-8-9-14(22-31(2,27)28)15(10-12)30-13-6-4-3-5-7-13/h3-11,16-19,22-25H,1-2H3,(H,21,26). The van der Waals surface area contributed by atoms with Gasteiger partial charge in [-0.15, -0.1) is 0 Å². The van der Waals surface area contributed by atoms with Crippen LogP contribution in [0, 0.1) is 0 Å². The molecule has 1 amide bonds. The quantitative estimate of drug-likeness (QED) is 0.428. The Labute approximate surface area is 179 Å². The Morgan fingerprint density at radius 1 is 1.03 bits per heavy atom. The molecule has 168 valence electrons. The second-order valence-electron chi connectivity index (χ2n) is 7.22. The average Bonchev–Trinajstić information content (AvgIpc) is 2.71. The highest BCUT2D eigenvalue weighted by Gasteiger charge is 2.45. The van der Waals surface area contributed by atoms with Gasteiger partial charge in [0.05, 0.1) is 18.0 Å². The highest BCUT2D eigenvalue weighted by atomic mass is 32.2. The zero-order valence-corrected chi connectivity index (χ0v) is 17.6. The van der Waals surface area contributed by atoms with Crippen molar-refractivity contribution in [2.24, 2.45) is 0 Å². The first kappa shape index (κ1) is 23.0. The topological polar surface area (TPSA) is 154 Å². The molecule has 31 heavy (non-hydrogen) atoms. The summed E-state index contributed by atoms with van der Waals surface area (Å²) in [4.78, 5) is 12.6. The molecular weight excluding hydrogens is 428 g/mol. The molecule has 1 aliphatic heterocycles. The molecule has 2 aromatic carbocycles. The van der Waals surface area contributed by atoms with Crippen LogP contribution in [-0.2, 0) is 19.6 Å². The summed E-state index contributed by atoms with van der Waals surface area (Å²) in [5, 5.41) is 32.3. The van der Waals surface area contributed by atoms with Crippen molar-refractivity contribution in [3.8, 4) is 11.5 Å². The number of rotatable bonds is 6. The van der Waals surface area contributed by atoms with Crippen LogP contribution in [0.2, 0.25) is 0 Å². The Hall–Kier alpha value is -2.70. The van der Waals surface area contributed by atoms with E-state index >= 15 is 0 Å². The van der Waals surface area contributed by atoms with Gasteiger partial charge in [0.2, 0.25) is 10.0 Å². The summed E-state index contributed by atoms with van der Waals surface area (Å²) in [6.07, 6.45) is -5.79. The van der Waals surface area contributed by atoms with Gasteiger partial charge in [-0.1, -0.05) is 18.2 Å². The molecule has 1 fully saturated rings. The minimum absolute atomic E-state index is 0.128. The first-order chi connectivity index (χ1) is 14.5. The van der Waals surface area contributed by atoms with E-state index in [9.17, 15) is 28.5 Å². The number of amides is 1. The first-order valence-electron chi connectivity index (χ1n) is 9.40. The van der Waals surface area contributed by atoms with E-state index in [1.165, 1.54) is 25.1 Å². The molecule has 0 bridgehead atoms. The number of hydrogen-bond acceptors (Lipinski definition) is 8. The lowest BCUT2D eigenvalue weighted by Crippen LogP contribution is -2.59. The van der Waals surface area contributed by atoms with Crippen molar-refractivity contribution in [2.75, 3.05) is 16.3 Å². The smallest absolute Gasteiger partial charge is 0.256 e. The second-order valence-corrected chi connectivity index (χ2v) is 8.97. The number of carbonyl (C=O) groups is 1. The van der Waals surface area contributed by atoms with Crippen LogP contribution >= 0.6 is 0 Å². The fourth-order valence-corrected chi connectivity index (χ4v) is 3.63. The zero-order valence-electron chi connectivity index (χ0n) is 16.8. The third-order valence-corrected chi connectivity index (χ3v) is 5.22. The van der Waals surface area contributed by atoms with E-state index in [0.717, 1.165) is 6.26 Å². The molecule has 5 unspecified atom stereocenters. The van der Waals surface area contributed by atoms with E-state index in [0.29, 0.717) is 5.75 Å². The summed E-state index contributed by atoms with van der Waals surface area (Å²) in [6, 6.07) is 12.9. The molecule has 1 heterocycles. The normalized spacial score (nSPS) is 26.2. The Morgan fingerprint density at radius 3 is 2.35 bits per heavy atom. The maximum Gasteiger partial charge on any atom is 0.256 e. The van der Waals surface area contributed by atoms with Crippen LogP contribution in [0.25, 0.3) is 0 Å². The number of aliphatic hydroxyl groups is 3. The lowest BCUT2D eigenvalue weighted by molar-refractivity contribution is -0.214. The number of aliphatic hydroxyl groups excluding tert-OH is 3. The maximum atomic E-state index is 12.6. The van der Waals surface area contributed by atoms with Crippen molar-refractivity contribution in [3.63, 3.8) is 0 Å². The molecule has 0 aliphatic carbocycles. The summed E-state index contributed by atoms with van der Waals surface area (Å²) in [7, 11) is -3.59. The number of carbonyl (C=O) groups excluding carboxylic acids is 1. The minimum atomic E-state index is -3.59. The summed E-state index contributed by atoms with van der Waals surface area (Å²) in [5.74, 6) is -0.178. The van der Waals surface area contributed by atoms with Crippen LogP contribution in [0.15, 0.2) is 48.5 Å². The number of nitrogens with one attached hydrogen (secondary N) is 2. The monoisotopic (exact) mass is 452 g/mol. The highest BCUT2D eigenvalue weighted by Crippen LogP contribution is 2.33. The molecular formula is C20H24N2O8S. The van der Waals surface area contributed by atoms with Crippen LogP contribution in [-0.4, -0.2) is 66.4 Å². The summed E-state index contributed by atoms with van der Waals surface area (Å²) in [6.45, 7) is 1.47. The van der Waals surface area contributed by atoms with Crippen molar-refractivity contribution >= 4 is 27.3 Å². The van der Waals surface area contributed by atoms with E-state index in [4.69, 9.17) is 9.47 Å². The van der Waals surface area contributed by atoms with E-state index in [-0.39, 0.29) is 17.1 Å². The summed E-state index contributed by atoms with van der Waals surface area (Å²) in [5.41, 5.74) is 0.393. The van der Waals surface area contributed by atoms with Crippen LogP contribution < -0.4 is 14.8 Å². The molecule has 11 heteroatoms. The molecule has 0 aromatic heterocycles. The van der Waals surface area contributed by atoms with Crippen LogP contribution in [0.5, 0.6) is 11.5 Å². The van der Waals surface area contributed by atoms with Gasteiger partial charge in [-0.2, -0.15) is 0 Å². The van der Waals surface area contributed by atoms with E-state index < -0.39 is 46.5 Å². The molecule has 1 saturated heterocycles. The maximum absolute atomic E-state index is 12.6. The van der Waals surface area contributed by atoms with Crippen LogP contribution in [0.3, 0.4) is 0 Å². The third kappa shape index (κ3) is 5.71. The van der Waals surface area contributed by atoms with Gasteiger partial charge in [0.25, 0.3) is 5.91 Å². The largest absolute Gasteiger partial charge is 0.455 e. The van der Waals surface area contributed by atoms with Gasteiger partial charge in [0, 0.05) is 11.8 Å². The SMILES string of the molecule is CC1OC(C(=O)Nc2ccc(NS(C)(=O)=O)c(Oc3ccccc3)c2)C(O)C(O)C1O. The Morgan fingerprint density at radius 2 is 1.71 bits per heavy atom. The zero-order chi connectivity index (χ0) is 22.8. The van der Waals surface area contributed by atoms with E-state index in [1.54, 1.807) is 30.3 Å². The van der Waals surface area contributed by atoms with Gasteiger partial charge in [0.1, 0.15) is 24.1 Å². The number of ether oxygens (including phenoxy) is 2. The van der Waals surface area contributed by atoms with Gasteiger partial charge in [-0.3, -0.25) is 9.52 Å². The average molecular weight is 452 g/mol. The lowest BCUT2D eigenvalue weighted by atomic mass is 9.95. The van der Waals surface area contributed by atoms with Gasteiger partial charge in [-0.25, -0.2) is 8.42 Å². The van der Waals surface area contributed by atoms with Crippen LogP contribution in [0.4, 0.5) is 11.4 Å². The number of benzene rings is 2. The van der Waals surface area contributed by atoms with Crippen molar-refractivity contribution in [1.82, 2.24) is 0 Å².